The molecule has 0 aliphatic heterocycles. The van der Waals surface area contributed by atoms with Gasteiger partial charge in [-0.05, 0) is 66.6 Å². The molecule has 1 heterocycles. The average Bonchev–Trinajstić information content (AvgIpc) is 3.12. The van der Waals surface area contributed by atoms with Crippen molar-refractivity contribution < 1.29 is 9.53 Å². The molecule has 1 aromatic heterocycles. The van der Waals surface area contributed by atoms with E-state index in [0.717, 1.165) is 11.1 Å². The Kier molecular flexibility index (Phi) is 6.21. The van der Waals surface area contributed by atoms with Gasteiger partial charge in [-0.1, -0.05) is 35.5 Å². The lowest BCUT2D eigenvalue weighted by Crippen LogP contribution is -2.23. The van der Waals surface area contributed by atoms with Gasteiger partial charge in [0.05, 0.1) is 12.4 Å². The molecule has 0 aliphatic carbocycles. The summed E-state index contributed by atoms with van der Waals surface area (Å²) in [7, 11) is 1.59. The van der Waals surface area contributed by atoms with Gasteiger partial charge in [-0.2, -0.15) is 4.68 Å². The number of carbonyl (C=O) groups excluding carboxylic acids is 1. The van der Waals surface area contributed by atoms with E-state index in [-0.39, 0.29) is 5.91 Å². The third kappa shape index (κ3) is 4.45. The van der Waals surface area contributed by atoms with Gasteiger partial charge in [0.25, 0.3) is 0 Å². The molecule has 0 bridgehead atoms. The highest BCUT2D eigenvalue weighted by Gasteiger charge is 2.21. The highest BCUT2D eigenvalue weighted by Crippen LogP contribution is 2.29. The number of hydrogen-bond acceptors (Lipinski definition) is 6. The molecule has 0 spiro atoms. The van der Waals surface area contributed by atoms with E-state index in [1.54, 1.807) is 30.8 Å². The van der Waals surface area contributed by atoms with Crippen molar-refractivity contribution in [3.63, 3.8) is 0 Å². The summed E-state index contributed by atoms with van der Waals surface area (Å²) < 4.78 is 6.99. The quantitative estimate of drug-likeness (QED) is 0.609. The number of ether oxygens (including phenoxy) is 1. The first kappa shape index (κ1) is 20.2. The molecule has 0 radical (unpaired) electrons. The van der Waals surface area contributed by atoms with E-state index in [4.69, 9.17) is 16.3 Å². The molecular formula is C19H20ClN5O2S. The maximum absolute atomic E-state index is 12.6. The summed E-state index contributed by atoms with van der Waals surface area (Å²) in [5.74, 6) is 0.479. The number of hydrogen-bond donors (Lipinski definition) is 1. The van der Waals surface area contributed by atoms with Gasteiger partial charge in [0.15, 0.2) is 0 Å². The van der Waals surface area contributed by atoms with Gasteiger partial charge in [-0.25, -0.2) is 0 Å². The summed E-state index contributed by atoms with van der Waals surface area (Å²) >= 11 is 7.29. The Labute approximate surface area is 172 Å². The van der Waals surface area contributed by atoms with Crippen molar-refractivity contribution in [3.05, 3.63) is 52.5 Å². The van der Waals surface area contributed by atoms with Gasteiger partial charge in [0.2, 0.25) is 11.1 Å². The van der Waals surface area contributed by atoms with E-state index in [9.17, 15) is 4.79 Å². The van der Waals surface area contributed by atoms with Crippen LogP contribution < -0.4 is 10.1 Å². The largest absolute Gasteiger partial charge is 0.494 e. The predicted molar refractivity (Wildman–Crippen MR) is 111 cm³/mol. The fourth-order valence-corrected chi connectivity index (χ4v) is 3.52. The molecule has 0 aliphatic rings. The number of benzene rings is 2. The van der Waals surface area contributed by atoms with Crippen LogP contribution in [0.3, 0.4) is 0 Å². The molecule has 3 aromatic rings. The minimum Gasteiger partial charge on any atom is -0.494 e. The fraction of sp³-hybridized carbons (Fsp3) is 0.263. The number of anilines is 1. The third-order valence-electron chi connectivity index (χ3n) is 4.11. The molecule has 1 N–H and O–H groups in total. The first-order valence-corrected chi connectivity index (χ1v) is 9.82. The van der Waals surface area contributed by atoms with Crippen molar-refractivity contribution in [2.75, 3.05) is 12.4 Å². The molecule has 0 saturated heterocycles. The van der Waals surface area contributed by atoms with Crippen LogP contribution in [0.15, 0.2) is 41.6 Å². The van der Waals surface area contributed by atoms with Crippen LogP contribution in [0.2, 0.25) is 5.02 Å². The number of rotatable bonds is 6. The number of thioether (sulfide) groups is 1. The normalized spacial score (nSPS) is 11.9. The molecule has 0 unspecified atom stereocenters. The summed E-state index contributed by atoms with van der Waals surface area (Å²) in [4.78, 5) is 12.6. The van der Waals surface area contributed by atoms with E-state index in [1.807, 2.05) is 38.1 Å². The first-order chi connectivity index (χ1) is 13.4. The number of tetrazole rings is 1. The van der Waals surface area contributed by atoms with Crippen molar-refractivity contribution in [1.29, 1.82) is 0 Å². The molecule has 1 atom stereocenters. The number of carbonyl (C=O) groups is 1. The lowest BCUT2D eigenvalue weighted by molar-refractivity contribution is -0.115. The Morgan fingerprint density at radius 1 is 1.25 bits per heavy atom. The van der Waals surface area contributed by atoms with E-state index >= 15 is 0 Å². The van der Waals surface area contributed by atoms with Crippen molar-refractivity contribution in [2.45, 2.75) is 31.2 Å². The van der Waals surface area contributed by atoms with Crippen LogP contribution in [-0.2, 0) is 4.79 Å². The minimum absolute atomic E-state index is 0.166. The van der Waals surface area contributed by atoms with Gasteiger partial charge in [-0.3, -0.25) is 4.79 Å². The zero-order valence-electron chi connectivity index (χ0n) is 15.9. The van der Waals surface area contributed by atoms with Gasteiger partial charge in [0.1, 0.15) is 11.4 Å². The molecule has 146 valence electrons. The summed E-state index contributed by atoms with van der Waals surface area (Å²) in [5, 5.41) is 15.4. The highest BCUT2D eigenvalue weighted by atomic mass is 35.5. The predicted octanol–water partition coefficient (Wildman–Crippen LogP) is 4.06. The molecule has 0 fully saturated rings. The van der Waals surface area contributed by atoms with Crippen molar-refractivity contribution in [1.82, 2.24) is 20.2 Å². The molecule has 2 aromatic carbocycles. The smallest absolute Gasteiger partial charge is 0.237 e. The number of methoxy groups -OCH3 is 1. The van der Waals surface area contributed by atoms with Crippen LogP contribution in [0.5, 0.6) is 5.75 Å². The number of nitrogens with one attached hydrogen (secondary N) is 1. The number of aromatic nitrogens is 4. The Balaban J connectivity index is 1.80. The Morgan fingerprint density at radius 3 is 2.79 bits per heavy atom. The second kappa shape index (κ2) is 8.62. The van der Waals surface area contributed by atoms with E-state index in [0.29, 0.717) is 27.3 Å². The Hall–Kier alpha value is -2.58. The minimum atomic E-state index is -0.432. The average molecular weight is 418 g/mol. The molecule has 1 amide bonds. The maximum Gasteiger partial charge on any atom is 0.237 e. The van der Waals surface area contributed by atoms with Crippen molar-refractivity contribution in [2.24, 2.45) is 0 Å². The summed E-state index contributed by atoms with van der Waals surface area (Å²) in [6.07, 6.45) is 0. The van der Waals surface area contributed by atoms with Crippen LogP contribution >= 0.6 is 23.4 Å². The Morgan fingerprint density at radius 2 is 2.04 bits per heavy atom. The molecule has 9 heteroatoms. The van der Waals surface area contributed by atoms with Crippen LogP contribution in [0.4, 0.5) is 5.69 Å². The van der Waals surface area contributed by atoms with Gasteiger partial charge >= 0.3 is 0 Å². The SMILES string of the molecule is COc1ccc(C)cc1-n1nnnc1S[C@@H](C)C(=O)Nc1cc(Cl)ccc1C. The zero-order valence-corrected chi connectivity index (χ0v) is 17.5. The van der Waals surface area contributed by atoms with Crippen LogP contribution in [0.1, 0.15) is 18.1 Å². The fourth-order valence-electron chi connectivity index (χ4n) is 2.54. The molecular weight excluding hydrogens is 398 g/mol. The number of halogens is 1. The lowest BCUT2D eigenvalue weighted by atomic mass is 10.2. The summed E-state index contributed by atoms with van der Waals surface area (Å²) in [6, 6.07) is 11.1. The topological polar surface area (TPSA) is 81.9 Å². The van der Waals surface area contributed by atoms with Gasteiger partial charge in [0, 0.05) is 10.7 Å². The second-order valence-corrected chi connectivity index (χ2v) is 8.00. The maximum atomic E-state index is 12.6. The second-order valence-electron chi connectivity index (χ2n) is 6.26. The number of amides is 1. The molecule has 28 heavy (non-hydrogen) atoms. The number of aryl methyl sites for hydroxylation is 2. The third-order valence-corrected chi connectivity index (χ3v) is 5.38. The van der Waals surface area contributed by atoms with E-state index < -0.39 is 5.25 Å². The van der Waals surface area contributed by atoms with E-state index in [2.05, 4.69) is 20.8 Å². The van der Waals surface area contributed by atoms with Crippen molar-refractivity contribution in [3.8, 4) is 11.4 Å². The summed E-state index contributed by atoms with van der Waals surface area (Å²) in [6.45, 7) is 5.68. The first-order valence-electron chi connectivity index (χ1n) is 8.56. The zero-order chi connectivity index (χ0) is 20.3. The molecule has 7 nitrogen and oxygen atoms in total. The van der Waals surface area contributed by atoms with Crippen LogP contribution in [0, 0.1) is 13.8 Å². The Bertz CT molecular complexity index is 1010. The highest BCUT2D eigenvalue weighted by molar-refractivity contribution is 8.00. The van der Waals surface area contributed by atoms with Crippen LogP contribution in [-0.4, -0.2) is 38.5 Å². The number of nitrogens with zero attached hydrogens (tertiary/aromatic N) is 4. The molecule has 3 rings (SSSR count). The lowest BCUT2D eigenvalue weighted by Gasteiger charge is -2.14. The van der Waals surface area contributed by atoms with E-state index in [1.165, 1.54) is 11.8 Å². The van der Waals surface area contributed by atoms with Crippen molar-refractivity contribution >= 4 is 35.0 Å². The molecule has 0 saturated carbocycles. The summed E-state index contributed by atoms with van der Waals surface area (Å²) in [5.41, 5.74) is 3.38. The standard InChI is InChI=1S/C19H20ClN5O2S/c1-11-5-8-17(27-4)16(9-11)25-19(22-23-24-25)28-13(3)18(26)21-15-10-14(20)7-6-12(15)2/h5-10,13H,1-4H3,(H,21,26)/t13-/m0/s1. The van der Waals surface area contributed by atoms with Crippen LogP contribution in [0.25, 0.3) is 5.69 Å². The van der Waals surface area contributed by atoms with Gasteiger partial charge in [-0.15, -0.1) is 5.10 Å². The monoisotopic (exact) mass is 417 g/mol. The van der Waals surface area contributed by atoms with Gasteiger partial charge < -0.3 is 10.1 Å².